The third-order valence-electron chi connectivity index (χ3n) is 3.14. The molecule has 4 heteroatoms. The molecule has 2 rings (SSSR count). The fourth-order valence-corrected chi connectivity index (χ4v) is 3.24. The van der Waals surface area contributed by atoms with Gasteiger partial charge in [-0.05, 0) is 32.4 Å². The first-order valence-corrected chi connectivity index (χ1v) is 7.16. The maximum Gasteiger partial charge on any atom is 0.232 e. The van der Waals surface area contributed by atoms with Gasteiger partial charge in [0.1, 0.15) is 0 Å². The highest BCUT2D eigenvalue weighted by atomic mass is 32.2. The Bertz CT molecular complexity index is 262. The predicted octanol–water partition coefficient (Wildman–Crippen LogP) is 1.26. The summed E-state index contributed by atoms with van der Waals surface area (Å²) < 4.78 is 0. The van der Waals surface area contributed by atoms with E-state index >= 15 is 0 Å². The molecule has 2 aliphatic heterocycles. The Labute approximate surface area is 102 Å². The minimum Gasteiger partial charge on any atom is -0.338 e. The number of rotatable bonds is 3. The number of nitrogens with one attached hydrogen (secondary N) is 1. The van der Waals surface area contributed by atoms with Gasteiger partial charge in [0.25, 0.3) is 0 Å². The van der Waals surface area contributed by atoms with Crippen molar-refractivity contribution in [1.82, 2.24) is 10.2 Å². The number of carbonyl (C=O) groups excluding carboxylic acids is 1. The number of piperidine rings is 1. The molecular formula is C12H20N2OS. The van der Waals surface area contributed by atoms with Crippen LogP contribution in [0.3, 0.4) is 0 Å². The molecule has 0 aromatic carbocycles. The Hall–Kier alpha value is -0.480. The van der Waals surface area contributed by atoms with Crippen LogP contribution in [0.5, 0.6) is 0 Å². The summed E-state index contributed by atoms with van der Waals surface area (Å²) in [6.07, 6.45) is 7.68. The summed E-state index contributed by atoms with van der Waals surface area (Å²) in [5.74, 6) is 0.978. The molecule has 0 bridgehead atoms. The van der Waals surface area contributed by atoms with Crippen LogP contribution in [0.2, 0.25) is 0 Å². The molecule has 1 saturated heterocycles. The molecule has 2 heterocycles. The molecular weight excluding hydrogens is 220 g/mol. The molecule has 3 nitrogen and oxygen atoms in total. The first-order chi connectivity index (χ1) is 7.86. The van der Waals surface area contributed by atoms with Crippen molar-refractivity contribution in [3.63, 3.8) is 0 Å². The van der Waals surface area contributed by atoms with Gasteiger partial charge in [0.2, 0.25) is 5.91 Å². The summed E-state index contributed by atoms with van der Waals surface area (Å²) in [7, 11) is 0. The third-order valence-corrected chi connectivity index (χ3v) is 4.50. The van der Waals surface area contributed by atoms with Crippen molar-refractivity contribution in [2.75, 3.05) is 31.9 Å². The number of carbonyl (C=O) groups is 1. The second-order valence-corrected chi connectivity index (χ2v) is 5.65. The number of hydrogen-bond donors (Lipinski definition) is 1. The van der Waals surface area contributed by atoms with E-state index in [-0.39, 0.29) is 0 Å². The summed E-state index contributed by atoms with van der Waals surface area (Å²) in [5, 5.41) is 4.03. The Morgan fingerprint density at radius 3 is 2.88 bits per heavy atom. The first kappa shape index (κ1) is 12.0. The van der Waals surface area contributed by atoms with E-state index in [2.05, 4.69) is 17.5 Å². The zero-order valence-corrected chi connectivity index (χ0v) is 10.5. The summed E-state index contributed by atoms with van der Waals surface area (Å²) in [5.41, 5.74) is 0. The van der Waals surface area contributed by atoms with E-state index in [1.165, 1.54) is 12.8 Å². The zero-order chi connectivity index (χ0) is 11.2. The normalized spacial score (nSPS) is 22.4. The predicted molar refractivity (Wildman–Crippen MR) is 68.7 cm³/mol. The van der Waals surface area contributed by atoms with Gasteiger partial charge in [-0.2, -0.15) is 0 Å². The Kier molecular flexibility index (Phi) is 4.72. The number of nitrogens with zero attached hydrogens (tertiary/aromatic N) is 1. The molecule has 0 aliphatic carbocycles. The van der Waals surface area contributed by atoms with Crippen molar-refractivity contribution < 1.29 is 4.79 Å². The quantitative estimate of drug-likeness (QED) is 0.754. The van der Waals surface area contributed by atoms with Crippen LogP contribution >= 0.6 is 11.8 Å². The van der Waals surface area contributed by atoms with E-state index in [4.69, 9.17) is 0 Å². The van der Waals surface area contributed by atoms with E-state index in [0.717, 1.165) is 32.6 Å². The van der Waals surface area contributed by atoms with Gasteiger partial charge in [0.05, 0.1) is 5.75 Å². The van der Waals surface area contributed by atoms with Crippen LogP contribution in [0.15, 0.2) is 12.2 Å². The van der Waals surface area contributed by atoms with Crippen molar-refractivity contribution in [3.05, 3.63) is 12.2 Å². The molecule has 0 atom stereocenters. The van der Waals surface area contributed by atoms with E-state index in [9.17, 15) is 4.79 Å². The third kappa shape index (κ3) is 3.52. The average molecular weight is 240 g/mol. The Morgan fingerprint density at radius 1 is 1.38 bits per heavy atom. The number of thioether (sulfide) groups is 1. The molecule has 16 heavy (non-hydrogen) atoms. The van der Waals surface area contributed by atoms with Crippen LogP contribution in [0.25, 0.3) is 0 Å². The summed E-state index contributed by atoms with van der Waals surface area (Å²) in [6, 6.07) is 0. The van der Waals surface area contributed by atoms with Gasteiger partial charge in [-0.1, -0.05) is 12.2 Å². The Morgan fingerprint density at radius 2 is 2.19 bits per heavy atom. The van der Waals surface area contributed by atoms with Crippen LogP contribution < -0.4 is 5.32 Å². The van der Waals surface area contributed by atoms with Gasteiger partial charge in [0.15, 0.2) is 0 Å². The van der Waals surface area contributed by atoms with E-state index in [1.807, 2.05) is 16.7 Å². The van der Waals surface area contributed by atoms with E-state index in [1.54, 1.807) is 0 Å². The highest BCUT2D eigenvalue weighted by molar-refractivity contribution is 8.00. The fourth-order valence-electron chi connectivity index (χ4n) is 2.11. The number of hydrogen-bond acceptors (Lipinski definition) is 3. The molecule has 90 valence electrons. The molecule has 0 aromatic rings. The lowest BCUT2D eigenvalue weighted by Crippen LogP contribution is -2.36. The molecule has 1 amide bonds. The lowest BCUT2D eigenvalue weighted by molar-refractivity contribution is -0.128. The molecule has 0 radical (unpaired) electrons. The van der Waals surface area contributed by atoms with Gasteiger partial charge < -0.3 is 10.2 Å². The minimum absolute atomic E-state index is 0.313. The first-order valence-electron chi connectivity index (χ1n) is 6.11. The Balaban J connectivity index is 1.68. The highest BCUT2D eigenvalue weighted by Crippen LogP contribution is 2.20. The topological polar surface area (TPSA) is 32.3 Å². The van der Waals surface area contributed by atoms with E-state index in [0.29, 0.717) is 16.9 Å². The van der Waals surface area contributed by atoms with Crippen LogP contribution in [-0.2, 0) is 4.79 Å². The molecule has 0 aromatic heterocycles. The molecule has 2 aliphatic rings. The van der Waals surface area contributed by atoms with Gasteiger partial charge >= 0.3 is 0 Å². The lowest BCUT2D eigenvalue weighted by atomic mass is 10.2. The molecule has 0 saturated carbocycles. The fraction of sp³-hybridized carbons (Fsp3) is 0.750. The van der Waals surface area contributed by atoms with Crippen LogP contribution in [0.4, 0.5) is 0 Å². The summed E-state index contributed by atoms with van der Waals surface area (Å²) in [6.45, 7) is 3.93. The van der Waals surface area contributed by atoms with Crippen molar-refractivity contribution in [1.29, 1.82) is 0 Å². The van der Waals surface area contributed by atoms with Crippen molar-refractivity contribution in [2.24, 2.45) is 0 Å². The standard InChI is InChI=1S/C12H20N2OS/c15-12(14-8-2-1-3-9-14)10-16-11-4-6-13-7-5-11/h1-2,11,13H,3-10H2. The largest absolute Gasteiger partial charge is 0.338 e. The molecule has 0 unspecified atom stereocenters. The van der Waals surface area contributed by atoms with Gasteiger partial charge in [-0.25, -0.2) is 0 Å². The van der Waals surface area contributed by atoms with Crippen molar-refractivity contribution in [2.45, 2.75) is 24.5 Å². The van der Waals surface area contributed by atoms with Crippen LogP contribution in [0.1, 0.15) is 19.3 Å². The van der Waals surface area contributed by atoms with Crippen LogP contribution in [0, 0.1) is 0 Å². The van der Waals surface area contributed by atoms with Gasteiger partial charge in [-0.3, -0.25) is 4.79 Å². The minimum atomic E-state index is 0.313. The summed E-state index contributed by atoms with van der Waals surface area (Å²) in [4.78, 5) is 13.9. The highest BCUT2D eigenvalue weighted by Gasteiger charge is 2.18. The molecule has 1 fully saturated rings. The van der Waals surface area contributed by atoms with Crippen molar-refractivity contribution in [3.8, 4) is 0 Å². The van der Waals surface area contributed by atoms with Crippen molar-refractivity contribution >= 4 is 17.7 Å². The van der Waals surface area contributed by atoms with Gasteiger partial charge in [0, 0.05) is 18.3 Å². The smallest absolute Gasteiger partial charge is 0.232 e. The zero-order valence-electron chi connectivity index (χ0n) is 9.65. The number of amides is 1. The van der Waals surface area contributed by atoms with Crippen LogP contribution in [-0.4, -0.2) is 48.0 Å². The monoisotopic (exact) mass is 240 g/mol. The lowest BCUT2D eigenvalue weighted by Gasteiger charge is -2.26. The van der Waals surface area contributed by atoms with Gasteiger partial charge in [-0.15, -0.1) is 11.8 Å². The average Bonchev–Trinajstić information content (AvgIpc) is 2.38. The maximum absolute atomic E-state index is 11.9. The van der Waals surface area contributed by atoms with E-state index < -0.39 is 0 Å². The SMILES string of the molecule is O=C(CSC1CCNCC1)N1CC=CCC1. The summed E-state index contributed by atoms with van der Waals surface area (Å²) >= 11 is 1.84. The maximum atomic E-state index is 11.9. The molecule has 1 N–H and O–H groups in total. The molecule has 0 spiro atoms. The second-order valence-electron chi connectivity index (χ2n) is 4.36. The second kappa shape index (κ2) is 6.30.